The van der Waals surface area contributed by atoms with Crippen LogP contribution < -0.4 is 10.6 Å². The summed E-state index contributed by atoms with van der Waals surface area (Å²) in [7, 11) is 1.39. The number of halogens is 1. The lowest BCUT2D eigenvalue weighted by Gasteiger charge is -2.13. The first-order chi connectivity index (χ1) is 10.0. The molecule has 6 nitrogen and oxygen atoms in total. The molecule has 0 rings (SSSR count). The Labute approximate surface area is 151 Å². The summed E-state index contributed by atoms with van der Waals surface area (Å²) in [5.74, 6) is 0.810. The largest absolute Gasteiger partial charge is 0.469 e. The van der Waals surface area contributed by atoms with Crippen molar-refractivity contribution in [3.05, 3.63) is 0 Å². The predicted octanol–water partition coefficient (Wildman–Crippen LogP) is 2.03. The van der Waals surface area contributed by atoms with Gasteiger partial charge < -0.3 is 20.1 Å². The van der Waals surface area contributed by atoms with Gasteiger partial charge in [-0.25, -0.2) is 0 Å². The molecule has 1 unspecified atom stereocenters. The summed E-state index contributed by atoms with van der Waals surface area (Å²) < 4.78 is 10.2. The van der Waals surface area contributed by atoms with Gasteiger partial charge in [0.1, 0.15) is 0 Å². The molecule has 0 fully saturated rings. The Kier molecular flexibility index (Phi) is 16.5. The molecule has 0 spiro atoms. The predicted molar refractivity (Wildman–Crippen MR) is 101 cm³/mol. The van der Waals surface area contributed by atoms with Crippen molar-refractivity contribution in [1.29, 1.82) is 0 Å². The Hall–Kier alpha value is -0.570. The van der Waals surface area contributed by atoms with Crippen molar-refractivity contribution >= 4 is 35.9 Å². The molecular weight excluding hydrogens is 397 g/mol. The van der Waals surface area contributed by atoms with E-state index in [0.29, 0.717) is 12.5 Å². The zero-order chi connectivity index (χ0) is 16.1. The molecule has 0 aromatic heterocycles. The lowest BCUT2D eigenvalue weighted by molar-refractivity contribution is -0.144. The van der Waals surface area contributed by atoms with Crippen LogP contribution in [0.4, 0.5) is 0 Å². The van der Waals surface area contributed by atoms with Crippen LogP contribution in [0.15, 0.2) is 4.99 Å². The first kappa shape index (κ1) is 23.7. The molecule has 0 amide bonds. The molecule has 1 atom stereocenters. The highest BCUT2D eigenvalue weighted by Crippen LogP contribution is 1.98. The first-order valence-corrected chi connectivity index (χ1v) is 7.69. The quantitative estimate of drug-likeness (QED) is 0.183. The van der Waals surface area contributed by atoms with Crippen LogP contribution in [0.1, 0.15) is 34.1 Å². The van der Waals surface area contributed by atoms with Gasteiger partial charge in [-0.2, -0.15) is 0 Å². The molecule has 0 radical (unpaired) electrons. The third-order valence-electron chi connectivity index (χ3n) is 2.68. The zero-order valence-electron chi connectivity index (χ0n) is 14.5. The van der Waals surface area contributed by atoms with E-state index >= 15 is 0 Å². The number of esters is 1. The summed E-state index contributed by atoms with van der Waals surface area (Å²) in [5, 5.41) is 6.38. The molecule has 0 aliphatic carbocycles. The van der Waals surface area contributed by atoms with Gasteiger partial charge in [0.15, 0.2) is 5.96 Å². The molecule has 0 saturated heterocycles. The van der Waals surface area contributed by atoms with Crippen LogP contribution in [0.3, 0.4) is 0 Å². The van der Waals surface area contributed by atoms with Gasteiger partial charge >= 0.3 is 5.97 Å². The number of methoxy groups -OCH3 is 1. The number of aliphatic imine (C=N–C) groups is 1. The van der Waals surface area contributed by atoms with Gasteiger partial charge in [-0.15, -0.1) is 24.0 Å². The Morgan fingerprint density at radius 3 is 2.45 bits per heavy atom. The molecular formula is C15H32IN3O3. The van der Waals surface area contributed by atoms with Crippen molar-refractivity contribution in [2.75, 3.05) is 40.0 Å². The van der Waals surface area contributed by atoms with Crippen molar-refractivity contribution in [3.8, 4) is 0 Å². The van der Waals surface area contributed by atoms with Gasteiger partial charge in [-0.3, -0.25) is 9.79 Å². The van der Waals surface area contributed by atoms with E-state index in [4.69, 9.17) is 4.74 Å². The van der Waals surface area contributed by atoms with Crippen molar-refractivity contribution in [1.82, 2.24) is 10.6 Å². The van der Waals surface area contributed by atoms with E-state index in [0.717, 1.165) is 38.7 Å². The summed E-state index contributed by atoms with van der Waals surface area (Å²) >= 11 is 0. The third-order valence-corrected chi connectivity index (χ3v) is 2.68. The fourth-order valence-corrected chi connectivity index (χ4v) is 1.55. The number of nitrogens with one attached hydrogen (secondary N) is 2. The van der Waals surface area contributed by atoms with Gasteiger partial charge in [0, 0.05) is 26.3 Å². The van der Waals surface area contributed by atoms with Crippen LogP contribution in [-0.2, 0) is 14.3 Å². The SMILES string of the molecule is CCNC(=NCC(C)C(=O)OC)NCCCOCC(C)C.I. The van der Waals surface area contributed by atoms with E-state index in [1.807, 2.05) is 6.92 Å². The van der Waals surface area contributed by atoms with E-state index in [1.54, 1.807) is 6.92 Å². The standard InChI is InChI=1S/C15H31N3O3.HI/c1-6-16-15(18-10-13(4)14(19)20-5)17-8-7-9-21-11-12(2)3;/h12-13H,6-11H2,1-5H3,(H2,16,17,18);1H. The zero-order valence-corrected chi connectivity index (χ0v) is 16.8. The molecule has 0 aliphatic heterocycles. The smallest absolute Gasteiger partial charge is 0.310 e. The number of carbonyl (C=O) groups is 1. The summed E-state index contributed by atoms with van der Waals surface area (Å²) in [6, 6.07) is 0. The van der Waals surface area contributed by atoms with E-state index < -0.39 is 0 Å². The van der Waals surface area contributed by atoms with Gasteiger partial charge in [0.2, 0.25) is 0 Å². The average Bonchev–Trinajstić information content (AvgIpc) is 2.46. The second-order valence-corrected chi connectivity index (χ2v) is 5.39. The van der Waals surface area contributed by atoms with E-state index in [1.165, 1.54) is 7.11 Å². The fourth-order valence-electron chi connectivity index (χ4n) is 1.55. The van der Waals surface area contributed by atoms with Crippen LogP contribution in [-0.4, -0.2) is 51.9 Å². The number of hydrogen-bond acceptors (Lipinski definition) is 4. The fraction of sp³-hybridized carbons (Fsp3) is 0.867. The molecule has 0 saturated carbocycles. The first-order valence-electron chi connectivity index (χ1n) is 7.69. The van der Waals surface area contributed by atoms with Gasteiger partial charge in [-0.1, -0.05) is 20.8 Å². The molecule has 0 heterocycles. The molecule has 132 valence electrons. The summed E-state index contributed by atoms with van der Waals surface area (Å²) in [4.78, 5) is 15.7. The maximum atomic E-state index is 11.3. The Morgan fingerprint density at radius 2 is 1.91 bits per heavy atom. The molecule has 0 aromatic rings. The Bertz CT molecular complexity index is 312. The normalized spacial score (nSPS) is 12.5. The number of carbonyl (C=O) groups excluding carboxylic acids is 1. The third kappa shape index (κ3) is 13.1. The van der Waals surface area contributed by atoms with Crippen LogP contribution >= 0.6 is 24.0 Å². The number of nitrogens with zero attached hydrogens (tertiary/aromatic N) is 1. The van der Waals surface area contributed by atoms with Crippen LogP contribution in [0.5, 0.6) is 0 Å². The number of hydrogen-bond donors (Lipinski definition) is 2. The highest BCUT2D eigenvalue weighted by atomic mass is 127. The van der Waals surface area contributed by atoms with Gasteiger partial charge in [0.25, 0.3) is 0 Å². The average molecular weight is 429 g/mol. The topological polar surface area (TPSA) is 72.0 Å². The molecule has 7 heteroatoms. The van der Waals surface area contributed by atoms with E-state index in [9.17, 15) is 4.79 Å². The van der Waals surface area contributed by atoms with Crippen molar-refractivity contribution in [2.24, 2.45) is 16.8 Å². The minimum Gasteiger partial charge on any atom is -0.469 e. The monoisotopic (exact) mass is 429 g/mol. The molecule has 0 bridgehead atoms. The lowest BCUT2D eigenvalue weighted by Crippen LogP contribution is -2.38. The molecule has 0 aliphatic rings. The second-order valence-electron chi connectivity index (χ2n) is 5.39. The summed E-state index contributed by atoms with van der Waals surface area (Å²) in [6.45, 7) is 11.6. The minimum absolute atomic E-state index is 0. The maximum absolute atomic E-state index is 11.3. The summed E-state index contributed by atoms with van der Waals surface area (Å²) in [5.41, 5.74) is 0. The Balaban J connectivity index is 0. The van der Waals surface area contributed by atoms with Gasteiger partial charge in [-0.05, 0) is 19.3 Å². The highest BCUT2D eigenvalue weighted by Gasteiger charge is 2.12. The maximum Gasteiger partial charge on any atom is 0.310 e. The molecule has 2 N–H and O–H groups in total. The Morgan fingerprint density at radius 1 is 1.23 bits per heavy atom. The van der Waals surface area contributed by atoms with E-state index in [-0.39, 0.29) is 35.9 Å². The minimum atomic E-state index is -0.239. The van der Waals surface area contributed by atoms with Crippen LogP contribution in [0.25, 0.3) is 0 Å². The van der Waals surface area contributed by atoms with Crippen molar-refractivity contribution in [3.63, 3.8) is 0 Å². The van der Waals surface area contributed by atoms with Crippen LogP contribution in [0.2, 0.25) is 0 Å². The van der Waals surface area contributed by atoms with Crippen molar-refractivity contribution < 1.29 is 14.3 Å². The molecule has 22 heavy (non-hydrogen) atoms. The van der Waals surface area contributed by atoms with E-state index in [2.05, 4.69) is 34.2 Å². The summed E-state index contributed by atoms with van der Waals surface area (Å²) in [6.07, 6.45) is 0.920. The van der Waals surface area contributed by atoms with Crippen LogP contribution in [0, 0.1) is 11.8 Å². The molecule has 0 aromatic carbocycles. The second kappa shape index (κ2) is 15.3. The number of ether oxygens (including phenoxy) is 2. The van der Waals surface area contributed by atoms with Crippen molar-refractivity contribution in [2.45, 2.75) is 34.1 Å². The van der Waals surface area contributed by atoms with Gasteiger partial charge in [0.05, 0.1) is 19.6 Å². The lowest BCUT2D eigenvalue weighted by atomic mass is 10.2. The number of guanidine groups is 1. The highest BCUT2D eigenvalue weighted by molar-refractivity contribution is 14.0. The number of rotatable bonds is 10.